The van der Waals surface area contributed by atoms with Crippen LogP contribution in [0.5, 0.6) is 11.5 Å². The number of rotatable bonds is 6. The SMILES string of the molecule is Cc1oc2ccc(F)cc2c1OCCOc1ccc(C(=O)O)cc1. The predicted molar refractivity (Wildman–Crippen MR) is 85.3 cm³/mol. The summed E-state index contributed by atoms with van der Waals surface area (Å²) in [7, 11) is 0. The van der Waals surface area contributed by atoms with E-state index in [2.05, 4.69) is 0 Å². The van der Waals surface area contributed by atoms with Gasteiger partial charge in [-0.15, -0.1) is 0 Å². The first-order chi connectivity index (χ1) is 11.5. The molecule has 0 saturated carbocycles. The average molecular weight is 330 g/mol. The van der Waals surface area contributed by atoms with Crippen molar-refractivity contribution in [3.05, 3.63) is 59.6 Å². The van der Waals surface area contributed by atoms with Gasteiger partial charge in [0.15, 0.2) is 5.75 Å². The van der Waals surface area contributed by atoms with Crippen molar-refractivity contribution in [2.24, 2.45) is 0 Å². The molecule has 0 aliphatic carbocycles. The van der Waals surface area contributed by atoms with Crippen LogP contribution in [0.1, 0.15) is 16.1 Å². The Morgan fingerprint density at radius 2 is 1.83 bits per heavy atom. The van der Waals surface area contributed by atoms with E-state index in [4.69, 9.17) is 19.0 Å². The second-order valence-corrected chi connectivity index (χ2v) is 5.15. The fourth-order valence-electron chi connectivity index (χ4n) is 2.35. The van der Waals surface area contributed by atoms with Crippen LogP contribution in [-0.4, -0.2) is 24.3 Å². The Kier molecular flexibility index (Phi) is 4.37. The van der Waals surface area contributed by atoms with Crippen LogP contribution in [0.4, 0.5) is 4.39 Å². The van der Waals surface area contributed by atoms with Crippen LogP contribution in [-0.2, 0) is 0 Å². The average Bonchev–Trinajstić information content (AvgIpc) is 2.87. The summed E-state index contributed by atoms with van der Waals surface area (Å²) in [5, 5.41) is 9.41. The molecular formula is C18H15FO5. The molecule has 124 valence electrons. The van der Waals surface area contributed by atoms with Crippen molar-refractivity contribution in [3.8, 4) is 11.5 Å². The number of furan rings is 1. The Balaban J connectivity index is 1.59. The van der Waals surface area contributed by atoms with Gasteiger partial charge in [-0.1, -0.05) is 0 Å². The van der Waals surface area contributed by atoms with Gasteiger partial charge < -0.3 is 19.0 Å². The van der Waals surface area contributed by atoms with Crippen molar-refractivity contribution in [1.82, 2.24) is 0 Å². The number of fused-ring (bicyclic) bond motifs is 1. The number of hydrogen-bond acceptors (Lipinski definition) is 4. The summed E-state index contributed by atoms with van der Waals surface area (Å²) in [6.45, 7) is 2.25. The lowest BCUT2D eigenvalue weighted by molar-refractivity contribution is 0.0697. The fraction of sp³-hybridized carbons (Fsp3) is 0.167. The molecule has 0 fully saturated rings. The highest BCUT2D eigenvalue weighted by Crippen LogP contribution is 2.32. The van der Waals surface area contributed by atoms with E-state index >= 15 is 0 Å². The van der Waals surface area contributed by atoms with Gasteiger partial charge in [-0.3, -0.25) is 0 Å². The van der Waals surface area contributed by atoms with Crippen LogP contribution in [0.15, 0.2) is 46.9 Å². The molecule has 0 unspecified atom stereocenters. The molecule has 3 rings (SSSR count). The molecule has 0 bridgehead atoms. The lowest BCUT2D eigenvalue weighted by Crippen LogP contribution is -2.09. The molecule has 0 aliphatic rings. The van der Waals surface area contributed by atoms with Crippen LogP contribution in [0, 0.1) is 12.7 Å². The first-order valence-corrected chi connectivity index (χ1v) is 7.32. The third-order valence-corrected chi connectivity index (χ3v) is 3.47. The number of carboxylic acid groups (broad SMARTS) is 1. The van der Waals surface area contributed by atoms with E-state index in [9.17, 15) is 9.18 Å². The number of halogens is 1. The molecule has 3 aromatic rings. The first-order valence-electron chi connectivity index (χ1n) is 7.32. The summed E-state index contributed by atoms with van der Waals surface area (Å²) in [5.41, 5.74) is 0.759. The van der Waals surface area contributed by atoms with Crippen molar-refractivity contribution in [2.75, 3.05) is 13.2 Å². The molecule has 1 aromatic heterocycles. The van der Waals surface area contributed by atoms with E-state index in [1.807, 2.05) is 0 Å². The predicted octanol–water partition coefficient (Wildman–Crippen LogP) is 4.04. The fourth-order valence-corrected chi connectivity index (χ4v) is 2.35. The molecule has 0 atom stereocenters. The third-order valence-electron chi connectivity index (χ3n) is 3.47. The molecule has 0 amide bonds. The zero-order valence-electron chi connectivity index (χ0n) is 12.9. The van der Waals surface area contributed by atoms with Gasteiger partial charge in [-0.2, -0.15) is 0 Å². The Morgan fingerprint density at radius 3 is 2.54 bits per heavy atom. The zero-order chi connectivity index (χ0) is 17.1. The smallest absolute Gasteiger partial charge is 0.335 e. The standard InChI is InChI=1S/C18H15FO5/c1-11-17(15-10-13(19)4-7-16(15)24-11)23-9-8-22-14-5-2-12(3-6-14)18(20)21/h2-7,10H,8-9H2,1H3,(H,20,21). The summed E-state index contributed by atoms with van der Waals surface area (Å²) in [6.07, 6.45) is 0. The number of benzene rings is 2. The van der Waals surface area contributed by atoms with Crippen LogP contribution in [0.25, 0.3) is 11.0 Å². The number of aryl methyl sites for hydroxylation is 1. The van der Waals surface area contributed by atoms with E-state index in [-0.39, 0.29) is 24.6 Å². The Bertz CT molecular complexity index is 867. The van der Waals surface area contributed by atoms with Crippen LogP contribution < -0.4 is 9.47 Å². The van der Waals surface area contributed by atoms with Crippen LogP contribution >= 0.6 is 0 Å². The maximum Gasteiger partial charge on any atom is 0.335 e. The summed E-state index contributed by atoms with van der Waals surface area (Å²) >= 11 is 0. The lowest BCUT2D eigenvalue weighted by atomic mass is 10.2. The molecule has 24 heavy (non-hydrogen) atoms. The van der Waals surface area contributed by atoms with E-state index in [0.717, 1.165) is 0 Å². The zero-order valence-corrected chi connectivity index (χ0v) is 12.9. The molecule has 0 spiro atoms. The first kappa shape index (κ1) is 15.9. The Hall–Kier alpha value is -3.02. The highest BCUT2D eigenvalue weighted by atomic mass is 19.1. The Labute approximate surface area is 137 Å². The van der Waals surface area contributed by atoms with Gasteiger partial charge in [0, 0.05) is 0 Å². The molecule has 1 heterocycles. The minimum atomic E-state index is -0.987. The number of carbonyl (C=O) groups is 1. The number of aromatic carboxylic acids is 1. The van der Waals surface area contributed by atoms with E-state index < -0.39 is 5.97 Å². The molecule has 1 N–H and O–H groups in total. The largest absolute Gasteiger partial charge is 0.490 e. The summed E-state index contributed by atoms with van der Waals surface area (Å²) < 4.78 is 30.0. The molecule has 0 radical (unpaired) electrons. The van der Waals surface area contributed by atoms with Crippen molar-refractivity contribution >= 4 is 16.9 Å². The van der Waals surface area contributed by atoms with Crippen LogP contribution in [0.3, 0.4) is 0 Å². The van der Waals surface area contributed by atoms with Gasteiger partial charge in [-0.05, 0) is 49.4 Å². The lowest BCUT2D eigenvalue weighted by Gasteiger charge is -2.08. The van der Waals surface area contributed by atoms with E-state index in [0.29, 0.717) is 28.2 Å². The monoisotopic (exact) mass is 330 g/mol. The molecule has 0 aliphatic heterocycles. The number of hydrogen-bond donors (Lipinski definition) is 1. The minimum absolute atomic E-state index is 0.195. The van der Waals surface area contributed by atoms with Crippen molar-refractivity contribution in [1.29, 1.82) is 0 Å². The molecule has 0 saturated heterocycles. The van der Waals surface area contributed by atoms with E-state index in [1.165, 1.54) is 24.3 Å². The second-order valence-electron chi connectivity index (χ2n) is 5.15. The van der Waals surface area contributed by atoms with Gasteiger partial charge in [-0.25, -0.2) is 9.18 Å². The summed E-state index contributed by atoms with van der Waals surface area (Å²) in [4.78, 5) is 10.8. The minimum Gasteiger partial charge on any atom is -0.490 e. The van der Waals surface area contributed by atoms with Gasteiger partial charge in [0.05, 0.1) is 10.9 Å². The van der Waals surface area contributed by atoms with Crippen LogP contribution in [0.2, 0.25) is 0 Å². The Morgan fingerprint density at radius 1 is 1.12 bits per heavy atom. The normalized spacial score (nSPS) is 10.8. The van der Waals surface area contributed by atoms with Gasteiger partial charge in [0.1, 0.15) is 36.1 Å². The summed E-state index contributed by atoms with van der Waals surface area (Å²) in [6, 6.07) is 10.4. The number of ether oxygens (including phenoxy) is 2. The second kappa shape index (κ2) is 6.62. The maximum atomic E-state index is 13.4. The third kappa shape index (κ3) is 3.32. The van der Waals surface area contributed by atoms with Crippen molar-refractivity contribution < 1.29 is 28.2 Å². The topological polar surface area (TPSA) is 68.9 Å². The van der Waals surface area contributed by atoms with Gasteiger partial charge >= 0.3 is 5.97 Å². The van der Waals surface area contributed by atoms with Crippen molar-refractivity contribution in [2.45, 2.75) is 6.92 Å². The quantitative estimate of drug-likeness (QED) is 0.691. The molecule has 5 nitrogen and oxygen atoms in total. The maximum absolute atomic E-state index is 13.4. The van der Waals surface area contributed by atoms with Crippen molar-refractivity contribution in [3.63, 3.8) is 0 Å². The molecule has 2 aromatic carbocycles. The molecule has 6 heteroatoms. The van der Waals surface area contributed by atoms with E-state index in [1.54, 1.807) is 25.1 Å². The number of carboxylic acids is 1. The highest BCUT2D eigenvalue weighted by molar-refractivity contribution is 5.87. The van der Waals surface area contributed by atoms with Gasteiger partial charge in [0.2, 0.25) is 0 Å². The van der Waals surface area contributed by atoms with Gasteiger partial charge in [0.25, 0.3) is 0 Å². The highest BCUT2D eigenvalue weighted by Gasteiger charge is 2.13. The molecular weight excluding hydrogens is 315 g/mol. The summed E-state index contributed by atoms with van der Waals surface area (Å²) in [5.74, 6) is 0.265.